The third-order valence-electron chi connectivity index (χ3n) is 9.12. The van der Waals surface area contributed by atoms with Gasteiger partial charge in [0.25, 0.3) is 0 Å². The van der Waals surface area contributed by atoms with Crippen LogP contribution in [-0.2, 0) is 12.8 Å². The molecule has 2 heterocycles. The van der Waals surface area contributed by atoms with Crippen LogP contribution in [0.5, 0.6) is 0 Å². The smallest absolute Gasteiger partial charge is 0.196 e. The number of thiophene rings is 2. The summed E-state index contributed by atoms with van der Waals surface area (Å²) in [6.07, 6.45) is 29.5. The molecule has 2 aromatic heterocycles. The van der Waals surface area contributed by atoms with Gasteiger partial charge in [0.1, 0.15) is 0 Å². The van der Waals surface area contributed by atoms with Crippen molar-refractivity contribution in [3.8, 4) is 9.75 Å². The average molecular weight is 615 g/mol. The molecule has 0 spiro atoms. The molecule has 0 fully saturated rings. The van der Waals surface area contributed by atoms with E-state index in [1.165, 1.54) is 154 Å². The molecule has 0 bridgehead atoms. The number of aryl methyl sites for hydroxylation is 1. The van der Waals surface area contributed by atoms with Crippen molar-refractivity contribution in [3.05, 3.63) is 27.1 Å². The molecule has 0 N–H and O–H groups in total. The van der Waals surface area contributed by atoms with Crippen molar-refractivity contribution in [1.82, 2.24) is 0 Å². The van der Waals surface area contributed by atoms with E-state index in [1.54, 1.807) is 4.50 Å². The van der Waals surface area contributed by atoms with Crippen molar-refractivity contribution in [1.29, 1.82) is 0 Å². The topological polar surface area (TPSA) is 17.1 Å². The molecule has 1 nitrogen and oxygen atoms in total. The zero-order chi connectivity index (χ0) is 29.7. The second-order valence-corrected chi connectivity index (χ2v) is 21.5. The van der Waals surface area contributed by atoms with Gasteiger partial charge < -0.3 is 0 Å². The quantitative estimate of drug-likeness (QED) is 0.0767. The highest BCUT2D eigenvalue weighted by Gasteiger charge is 2.39. The number of carbonyl (C=O) groups excluding carboxylic acids is 1. The van der Waals surface area contributed by atoms with E-state index < -0.39 is 8.07 Å². The molecule has 1 aliphatic rings. The normalized spacial score (nSPS) is 12.9. The third kappa shape index (κ3) is 10.2. The zero-order valence-corrected chi connectivity index (χ0v) is 30.4. The van der Waals surface area contributed by atoms with Crippen LogP contribution in [0.1, 0.15) is 174 Å². The van der Waals surface area contributed by atoms with Gasteiger partial charge in [-0.1, -0.05) is 149 Å². The van der Waals surface area contributed by atoms with E-state index in [4.69, 9.17) is 0 Å². The maximum atomic E-state index is 14.1. The highest BCUT2D eigenvalue weighted by atomic mass is 32.1. The Labute approximate surface area is 263 Å². The summed E-state index contributed by atoms with van der Waals surface area (Å²) in [5, 5.41) is 0. The SMILES string of the molecule is CCCCCCCCCCCCc1c(C)sc2c1C(=O)c1c-2sc([Si](C)(C)C)c1CCCCCCCCCCCC. The molecule has 0 aromatic carbocycles. The lowest BCUT2D eigenvalue weighted by Crippen LogP contribution is -2.38. The molecule has 1 aliphatic carbocycles. The molecule has 0 amide bonds. The van der Waals surface area contributed by atoms with Crippen LogP contribution in [0.2, 0.25) is 19.6 Å². The van der Waals surface area contributed by atoms with Gasteiger partial charge in [-0.25, -0.2) is 0 Å². The lowest BCUT2D eigenvalue weighted by Gasteiger charge is -2.18. The Morgan fingerprint density at radius 1 is 0.512 bits per heavy atom. The summed E-state index contributed by atoms with van der Waals surface area (Å²) >= 11 is 3.91. The molecular formula is C37H62OS2Si. The van der Waals surface area contributed by atoms with Crippen molar-refractivity contribution in [3.63, 3.8) is 0 Å². The molecular weight excluding hydrogens is 553 g/mol. The van der Waals surface area contributed by atoms with Gasteiger partial charge in [-0.2, -0.15) is 0 Å². The van der Waals surface area contributed by atoms with E-state index in [9.17, 15) is 4.79 Å². The van der Waals surface area contributed by atoms with Crippen LogP contribution in [0.3, 0.4) is 0 Å². The molecule has 232 valence electrons. The molecule has 0 unspecified atom stereocenters. The Balaban J connectivity index is 1.54. The minimum Gasteiger partial charge on any atom is -0.288 e. The van der Waals surface area contributed by atoms with Gasteiger partial charge >= 0.3 is 0 Å². The average Bonchev–Trinajstić information content (AvgIpc) is 3.55. The standard InChI is InChI=1S/C37H62OS2Si/c1-7-9-11-13-15-17-19-21-23-25-27-30-29(3)39-35-32(30)34(38)33-31(37(40-36(33)35)41(4,5)6)28-26-24-22-20-18-16-14-12-10-8-2/h7-28H2,1-6H3. The molecule has 41 heavy (non-hydrogen) atoms. The van der Waals surface area contributed by atoms with Gasteiger partial charge in [0, 0.05) is 16.0 Å². The van der Waals surface area contributed by atoms with Crippen LogP contribution in [0.4, 0.5) is 0 Å². The fourth-order valence-electron chi connectivity index (χ4n) is 6.69. The first-order valence-corrected chi connectivity index (χ1v) is 22.8. The van der Waals surface area contributed by atoms with Crippen LogP contribution < -0.4 is 4.50 Å². The summed E-state index contributed by atoms with van der Waals surface area (Å²) < 4.78 is 1.60. The fraction of sp³-hybridized carbons (Fsp3) is 0.757. The molecule has 0 radical (unpaired) electrons. The largest absolute Gasteiger partial charge is 0.288 e. The Morgan fingerprint density at radius 2 is 0.878 bits per heavy atom. The summed E-state index contributed by atoms with van der Waals surface area (Å²) in [4.78, 5) is 18.1. The molecule has 2 aromatic rings. The molecule has 0 atom stereocenters. The number of hydrogen-bond donors (Lipinski definition) is 0. The summed E-state index contributed by atoms with van der Waals surface area (Å²) in [7, 11) is -1.50. The second kappa shape index (κ2) is 18.2. The molecule has 0 saturated heterocycles. The number of ketones is 1. The monoisotopic (exact) mass is 614 g/mol. The number of hydrogen-bond acceptors (Lipinski definition) is 3. The summed E-state index contributed by atoms with van der Waals surface area (Å²) in [6, 6.07) is 0. The first-order valence-electron chi connectivity index (χ1n) is 17.6. The summed E-state index contributed by atoms with van der Waals surface area (Å²) in [5.41, 5.74) is 5.09. The van der Waals surface area contributed by atoms with Gasteiger partial charge in [0.05, 0.1) is 17.8 Å². The Hall–Kier alpha value is -0.713. The van der Waals surface area contributed by atoms with Gasteiger partial charge in [0.15, 0.2) is 5.78 Å². The highest BCUT2D eigenvalue weighted by Crippen LogP contribution is 2.49. The summed E-state index contributed by atoms with van der Waals surface area (Å²) in [5.74, 6) is 0.379. The number of unbranched alkanes of at least 4 members (excludes halogenated alkanes) is 18. The Morgan fingerprint density at radius 3 is 1.32 bits per heavy atom. The maximum absolute atomic E-state index is 14.1. The highest BCUT2D eigenvalue weighted by molar-refractivity contribution is 7.32. The number of carbonyl (C=O) groups is 1. The van der Waals surface area contributed by atoms with Crippen LogP contribution in [0.15, 0.2) is 0 Å². The minimum atomic E-state index is -1.50. The first kappa shape index (κ1) is 34.8. The van der Waals surface area contributed by atoms with Gasteiger partial charge in [-0.3, -0.25) is 4.79 Å². The van der Waals surface area contributed by atoms with E-state index in [0.29, 0.717) is 5.78 Å². The van der Waals surface area contributed by atoms with Crippen LogP contribution in [0.25, 0.3) is 9.75 Å². The van der Waals surface area contributed by atoms with Gasteiger partial charge in [-0.15, -0.1) is 22.7 Å². The Kier molecular flexibility index (Phi) is 15.4. The number of rotatable bonds is 23. The van der Waals surface area contributed by atoms with Crippen molar-refractivity contribution < 1.29 is 4.79 Å². The predicted octanol–water partition coefficient (Wildman–Crippen LogP) is 12.8. The number of fused-ring (bicyclic) bond motifs is 3. The van der Waals surface area contributed by atoms with Crippen LogP contribution in [-0.4, -0.2) is 13.9 Å². The van der Waals surface area contributed by atoms with Crippen LogP contribution >= 0.6 is 22.7 Å². The lowest BCUT2D eigenvalue weighted by atomic mass is 9.97. The second-order valence-electron chi connectivity index (χ2n) is 13.9. The minimum absolute atomic E-state index is 0.379. The van der Waals surface area contributed by atoms with E-state index in [2.05, 4.69) is 40.4 Å². The Bertz CT molecular complexity index is 1050. The van der Waals surface area contributed by atoms with Crippen molar-refractivity contribution >= 4 is 41.0 Å². The van der Waals surface area contributed by atoms with Gasteiger partial charge in [-0.05, 0) is 48.2 Å². The maximum Gasteiger partial charge on any atom is 0.196 e. The van der Waals surface area contributed by atoms with Crippen molar-refractivity contribution in [2.24, 2.45) is 0 Å². The van der Waals surface area contributed by atoms with Crippen molar-refractivity contribution in [2.45, 2.75) is 182 Å². The molecule has 0 saturated carbocycles. The summed E-state index contributed by atoms with van der Waals surface area (Å²) in [6.45, 7) is 14.3. The van der Waals surface area contributed by atoms with Crippen LogP contribution in [0, 0.1) is 6.92 Å². The lowest BCUT2D eigenvalue weighted by molar-refractivity contribution is 0.104. The fourth-order valence-corrected chi connectivity index (χ4v) is 11.8. The molecule has 4 heteroatoms. The van der Waals surface area contributed by atoms with E-state index >= 15 is 0 Å². The zero-order valence-electron chi connectivity index (χ0n) is 27.8. The third-order valence-corrected chi connectivity index (χ3v) is 15.3. The molecule has 0 aliphatic heterocycles. The van der Waals surface area contributed by atoms with E-state index in [1.807, 2.05) is 22.7 Å². The predicted molar refractivity (Wildman–Crippen MR) is 190 cm³/mol. The first-order chi connectivity index (χ1) is 19.8. The molecule has 3 rings (SSSR count). The van der Waals surface area contributed by atoms with Gasteiger partial charge in [0.2, 0.25) is 0 Å². The van der Waals surface area contributed by atoms with E-state index in [-0.39, 0.29) is 0 Å². The van der Waals surface area contributed by atoms with Crippen molar-refractivity contribution in [2.75, 3.05) is 0 Å². The van der Waals surface area contributed by atoms with E-state index in [0.717, 1.165) is 24.0 Å².